The summed E-state index contributed by atoms with van der Waals surface area (Å²) in [5.74, 6) is 0.154. The fraction of sp³-hybridized carbons (Fsp3) is 0.917. The lowest BCUT2D eigenvalue weighted by atomic mass is 10.1. The second kappa shape index (κ2) is 8.44. The van der Waals surface area contributed by atoms with E-state index in [0.717, 1.165) is 52.2 Å². The van der Waals surface area contributed by atoms with Crippen LogP contribution in [-0.2, 0) is 9.53 Å². The van der Waals surface area contributed by atoms with Crippen LogP contribution < -0.4 is 11.1 Å². The number of nitrogens with two attached hydrogens (primary N) is 1. The molecule has 1 amide bonds. The fourth-order valence-electron chi connectivity index (χ4n) is 1.89. The van der Waals surface area contributed by atoms with Gasteiger partial charge in [0.15, 0.2) is 0 Å². The summed E-state index contributed by atoms with van der Waals surface area (Å²) in [6, 6.07) is 0. The van der Waals surface area contributed by atoms with Gasteiger partial charge in [-0.3, -0.25) is 9.69 Å². The first-order valence-electron chi connectivity index (χ1n) is 6.52. The average Bonchev–Trinajstić information content (AvgIpc) is 2.36. The molecule has 0 aromatic rings. The van der Waals surface area contributed by atoms with Gasteiger partial charge in [-0.25, -0.2) is 0 Å². The molecule has 1 heterocycles. The van der Waals surface area contributed by atoms with E-state index in [1.54, 1.807) is 0 Å². The van der Waals surface area contributed by atoms with Gasteiger partial charge in [0.05, 0.1) is 13.2 Å². The molecule has 0 aromatic heterocycles. The van der Waals surface area contributed by atoms with Crippen LogP contribution in [0.4, 0.5) is 0 Å². The lowest BCUT2D eigenvalue weighted by Crippen LogP contribution is -2.38. The minimum Gasteiger partial charge on any atom is -0.379 e. The summed E-state index contributed by atoms with van der Waals surface area (Å²) in [6.45, 7) is 7.97. The summed E-state index contributed by atoms with van der Waals surface area (Å²) >= 11 is 0. The van der Waals surface area contributed by atoms with E-state index in [4.69, 9.17) is 10.5 Å². The fourth-order valence-corrected chi connectivity index (χ4v) is 1.89. The van der Waals surface area contributed by atoms with Crippen molar-refractivity contribution in [1.29, 1.82) is 0 Å². The van der Waals surface area contributed by atoms with Crippen LogP contribution >= 0.6 is 0 Å². The summed E-state index contributed by atoms with van der Waals surface area (Å²) in [5, 5.41) is 2.95. The number of carbonyl (C=O) groups is 1. The number of hydrogen-bond donors (Lipinski definition) is 2. The lowest BCUT2D eigenvalue weighted by molar-refractivity contribution is -0.124. The Balaban J connectivity index is 2.01. The van der Waals surface area contributed by atoms with Gasteiger partial charge in [-0.05, 0) is 25.9 Å². The Bertz CT molecular complexity index is 218. The van der Waals surface area contributed by atoms with E-state index in [2.05, 4.69) is 10.2 Å². The summed E-state index contributed by atoms with van der Waals surface area (Å²) in [6.07, 6.45) is 1.76. The zero-order valence-electron chi connectivity index (χ0n) is 10.8. The summed E-state index contributed by atoms with van der Waals surface area (Å²) in [5.41, 5.74) is 5.42. The first kappa shape index (κ1) is 14.4. The van der Waals surface area contributed by atoms with E-state index in [9.17, 15) is 4.79 Å². The van der Waals surface area contributed by atoms with Crippen molar-refractivity contribution in [3.05, 3.63) is 0 Å². The summed E-state index contributed by atoms with van der Waals surface area (Å²) in [4.78, 5) is 14.0. The van der Waals surface area contributed by atoms with Crippen molar-refractivity contribution in [2.45, 2.75) is 19.8 Å². The number of nitrogens with one attached hydrogen (secondary N) is 1. The normalized spacial score (nSPS) is 18.9. The minimum absolute atomic E-state index is 0.0309. The highest BCUT2D eigenvalue weighted by Gasteiger charge is 2.12. The number of rotatable bonds is 7. The monoisotopic (exact) mass is 243 g/mol. The van der Waals surface area contributed by atoms with Gasteiger partial charge in [-0.1, -0.05) is 6.92 Å². The second-order valence-electron chi connectivity index (χ2n) is 4.58. The van der Waals surface area contributed by atoms with Gasteiger partial charge in [0.1, 0.15) is 0 Å². The molecule has 1 aliphatic heterocycles. The molecule has 0 bridgehead atoms. The molecule has 1 saturated heterocycles. The molecule has 0 radical (unpaired) electrons. The molecule has 1 aliphatic rings. The van der Waals surface area contributed by atoms with Gasteiger partial charge in [0.25, 0.3) is 0 Å². The molecule has 0 saturated carbocycles. The number of hydrogen-bond acceptors (Lipinski definition) is 4. The maximum atomic E-state index is 11.6. The van der Waals surface area contributed by atoms with Crippen molar-refractivity contribution in [2.24, 2.45) is 11.7 Å². The molecule has 100 valence electrons. The Hall–Kier alpha value is -0.650. The van der Waals surface area contributed by atoms with E-state index in [-0.39, 0.29) is 11.8 Å². The van der Waals surface area contributed by atoms with Crippen LogP contribution in [0.2, 0.25) is 0 Å². The molecule has 17 heavy (non-hydrogen) atoms. The minimum atomic E-state index is 0.0309. The van der Waals surface area contributed by atoms with Gasteiger partial charge in [0.2, 0.25) is 5.91 Å². The van der Waals surface area contributed by atoms with Gasteiger partial charge < -0.3 is 15.8 Å². The maximum absolute atomic E-state index is 11.6. The van der Waals surface area contributed by atoms with Gasteiger partial charge in [-0.2, -0.15) is 0 Å². The number of carbonyl (C=O) groups excluding carboxylic acids is 1. The highest BCUT2D eigenvalue weighted by molar-refractivity contribution is 5.78. The molecule has 1 atom stereocenters. The first-order chi connectivity index (χ1) is 8.24. The smallest absolute Gasteiger partial charge is 0.222 e. The van der Waals surface area contributed by atoms with Crippen molar-refractivity contribution in [3.8, 4) is 0 Å². The zero-order valence-corrected chi connectivity index (χ0v) is 10.8. The molecular formula is C12H25N3O2. The SMILES string of the molecule is CC(CCN)C(=O)NCCCN1CCOCC1. The van der Waals surface area contributed by atoms with E-state index >= 15 is 0 Å². The molecule has 1 fully saturated rings. The number of ether oxygens (including phenoxy) is 1. The number of amides is 1. The summed E-state index contributed by atoms with van der Waals surface area (Å²) < 4.78 is 5.28. The average molecular weight is 243 g/mol. The Labute approximate surface area is 104 Å². The van der Waals surface area contributed by atoms with E-state index in [1.807, 2.05) is 6.92 Å². The molecule has 0 aromatic carbocycles. The van der Waals surface area contributed by atoms with Gasteiger partial charge in [0, 0.05) is 25.6 Å². The van der Waals surface area contributed by atoms with Crippen LogP contribution in [-0.4, -0.2) is 56.7 Å². The van der Waals surface area contributed by atoms with Crippen LogP contribution in [0, 0.1) is 5.92 Å². The van der Waals surface area contributed by atoms with E-state index in [0.29, 0.717) is 6.54 Å². The summed E-state index contributed by atoms with van der Waals surface area (Å²) in [7, 11) is 0. The molecule has 5 nitrogen and oxygen atoms in total. The predicted octanol–water partition coefficient (Wildman–Crippen LogP) is -0.190. The van der Waals surface area contributed by atoms with E-state index < -0.39 is 0 Å². The molecular weight excluding hydrogens is 218 g/mol. The lowest BCUT2D eigenvalue weighted by Gasteiger charge is -2.26. The van der Waals surface area contributed by atoms with Crippen LogP contribution in [0.1, 0.15) is 19.8 Å². The van der Waals surface area contributed by atoms with Crippen molar-refractivity contribution in [2.75, 3.05) is 45.9 Å². The first-order valence-corrected chi connectivity index (χ1v) is 6.52. The maximum Gasteiger partial charge on any atom is 0.222 e. The second-order valence-corrected chi connectivity index (χ2v) is 4.58. The molecule has 1 unspecified atom stereocenters. The third kappa shape index (κ3) is 6.00. The van der Waals surface area contributed by atoms with Gasteiger partial charge in [-0.15, -0.1) is 0 Å². The van der Waals surface area contributed by atoms with Crippen LogP contribution in [0.25, 0.3) is 0 Å². The van der Waals surface area contributed by atoms with Crippen molar-refractivity contribution >= 4 is 5.91 Å². The van der Waals surface area contributed by atoms with Crippen molar-refractivity contribution in [3.63, 3.8) is 0 Å². The van der Waals surface area contributed by atoms with Crippen LogP contribution in [0.5, 0.6) is 0 Å². The highest BCUT2D eigenvalue weighted by Crippen LogP contribution is 2.00. The Morgan fingerprint density at radius 3 is 2.82 bits per heavy atom. The largest absolute Gasteiger partial charge is 0.379 e. The standard InChI is InChI=1S/C12H25N3O2/c1-11(3-4-13)12(16)14-5-2-6-15-7-9-17-10-8-15/h11H,2-10,13H2,1H3,(H,14,16). The quantitative estimate of drug-likeness (QED) is 0.608. The predicted molar refractivity (Wildman–Crippen MR) is 67.7 cm³/mol. The van der Waals surface area contributed by atoms with Crippen molar-refractivity contribution in [1.82, 2.24) is 10.2 Å². The topological polar surface area (TPSA) is 67.6 Å². The molecule has 3 N–H and O–H groups in total. The molecule has 0 spiro atoms. The van der Waals surface area contributed by atoms with Crippen LogP contribution in [0.15, 0.2) is 0 Å². The third-order valence-corrected chi connectivity index (χ3v) is 3.10. The third-order valence-electron chi connectivity index (χ3n) is 3.10. The van der Waals surface area contributed by atoms with Gasteiger partial charge >= 0.3 is 0 Å². The van der Waals surface area contributed by atoms with Crippen LogP contribution in [0.3, 0.4) is 0 Å². The van der Waals surface area contributed by atoms with E-state index in [1.165, 1.54) is 0 Å². The zero-order chi connectivity index (χ0) is 12.5. The van der Waals surface area contributed by atoms with Crippen molar-refractivity contribution < 1.29 is 9.53 Å². The molecule has 1 rings (SSSR count). The molecule has 5 heteroatoms. The Morgan fingerprint density at radius 1 is 1.47 bits per heavy atom. The highest BCUT2D eigenvalue weighted by atomic mass is 16.5. The Kier molecular flexibility index (Phi) is 7.16. The Morgan fingerprint density at radius 2 is 2.18 bits per heavy atom. The number of morpholine rings is 1. The number of nitrogens with zero attached hydrogens (tertiary/aromatic N) is 1. The molecule has 0 aliphatic carbocycles.